The summed E-state index contributed by atoms with van der Waals surface area (Å²) >= 11 is 0. The van der Waals surface area contributed by atoms with Crippen LogP contribution >= 0.6 is 0 Å². The second-order valence-corrected chi connectivity index (χ2v) is 9.86. The van der Waals surface area contributed by atoms with Crippen LogP contribution in [-0.2, 0) is 23.9 Å². The van der Waals surface area contributed by atoms with E-state index in [-0.39, 0.29) is 31.6 Å². The van der Waals surface area contributed by atoms with E-state index in [1.807, 2.05) is 6.92 Å². The third-order valence-electron chi connectivity index (χ3n) is 7.60. The molecule has 3 saturated heterocycles. The van der Waals surface area contributed by atoms with E-state index in [1.54, 1.807) is 17.1 Å². The first kappa shape index (κ1) is 26.4. The number of hydrogen-bond donors (Lipinski definition) is 1. The molecule has 5 atom stereocenters. The van der Waals surface area contributed by atoms with Gasteiger partial charge in [-0.3, -0.25) is 14.4 Å². The number of rotatable bonds is 14. The van der Waals surface area contributed by atoms with E-state index in [0.29, 0.717) is 32.4 Å². The van der Waals surface area contributed by atoms with Gasteiger partial charge in [0.1, 0.15) is 17.6 Å². The Morgan fingerprint density at radius 3 is 2.68 bits per heavy atom. The Labute approximate surface area is 202 Å². The number of amides is 2. The van der Waals surface area contributed by atoms with Crippen molar-refractivity contribution < 1.29 is 29.0 Å². The van der Waals surface area contributed by atoms with Crippen molar-refractivity contribution in [3.8, 4) is 0 Å². The Bertz CT molecular complexity index is 800. The molecule has 0 aliphatic carbocycles. The molecule has 3 heterocycles. The Balaban J connectivity index is 1.92. The molecule has 34 heavy (non-hydrogen) atoms. The summed E-state index contributed by atoms with van der Waals surface area (Å²) in [6, 6.07) is -0.876. The molecule has 1 N–H and O–H groups in total. The molecule has 0 aromatic carbocycles. The molecule has 3 rings (SSSR count). The van der Waals surface area contributed by atoms with Crippen molar-refractivity contribution in [1.82, 2.24) is 9.80 Å². The van der Waals surface area contributed by atoms with E-state index in [1.165, 1.54) is 4.90 Å². The second kappa shape index (κ2) is 11.0. The molecule has 2 unspecified atom stereocenters. The van der Waals surface area contributed by atoms with Gasteiger partial charge in [0.05, 0.1) is 24.7 Å². The number of carbonyl (C=O) groups is 3. The predicted octanol–water partition coefficient (Wildman–Crippen LogP) is 2.46. The fraction of sp³-hybridized carbons (Fsp3) is 0.731. The number of β-amino-alcohol motifs (C(OH)–C–C–N with tert-alkyl or cyclic N) is 1. The van der Waals surface area contributed by atoms with Gasteiger partial charge in [-0.15, -0.1) is 13.2 Å². The number of likely N-dealkylation sites (tertiary alicyclic amines) is 1. The summed E-state index contributed by atoms with van der Waals surface area (Å²) in [5.41, 5.74) is -1.95. The van der Waals surface area contributed by atoms with Gasteiger partial charge in [-0.2, -0.15) is 0 Å². The van der Waals surface area contributed by atoms with Crippen molar-refractivity contribution in [2.45, 2.75) is 76.0 Å². The maximum absolute atomic E-state index is 13.9. The highest BCUT2D eigenvalue weighted by Crippen LogP contribution is 2.63. The molecule has 2 bridgehead atoms. The number of carbonyl (C=O) groups excluding carboxylic acids is 3. The maximum Gasteiger partial charge on any atom is 0.312 e. The zero-order valence-electron chi connectivity index (χ0n) is 20.7. The molecule has 190 valence electrons. The molecule has 0 saturated carbocycles. The fourth-order valence-electron chi connectivity index (χ4n) is 6.07. The summed E-state index contributed by atoms with van der Waals surface area (Å²) in [5, 5.41) is 9.71. The van der Waals surface area contributed by atoms with E-state index in [4.69, 9.17) is 9.47 Å². The van der Waals surface area contributed by atoms with Gasteiger partial charge in [0.2, 0.25) is 11.8 Å². The van der Waals surface area contributed by atoms with Crippen molar-refractivity contribution in [3.63, 3.8) is 0 Å². The lowest BCUT2D eigenvalue weighted by Crippen LogP contribution is -2.56. The van der Waals surface area contributed by atoms with Gasteiger partial charge < -0.3 is 24.4 Å². The van der Waals surface area contributed by atoms with Crippen LogP contribution in [0, 0.1) is 11.8 Å². The maximum atomic E-state index is 13.9. The van der Waals surface area contributed by atoms with Gasteiger partial charge in [0.25, 0.3) is 0 Å². The van der Waals surface area contributed by atoms with Crippen molar-refractivity contribution >= 4 is 17.8 Å². The minimum absolute atomic E-state index is 0.0194. The quantitative estimate of drug-likeness (QED) is 0.235. The van der Waals surface area contributed by atoms with Crippen LogP contribution in [0.25, 0.3) is 0 Å². The molecular weight excluding hydrogens is 436 g/mol. The summed E-state index contributed by atoms with van der Waals surface area (Å²) < 4.78 is 12.1. The first-order valence-corrected chi connectivity index (χ1v) is 12.6. The summed E-state index contributed by atoms with van der Waals surface area (Å²) in [4.78, 5) is 43.9. The first-order valence-electron chi connectivity index (χ1n) is 12.6. The molecule has 8 nitrogen and oxygen atoms in total. The van der Waals surface area contributed by atoms with Crippen LogP contribution < -0.4 is 0 Å². The second-order valence-electron chi connectivity index (χ2n) is 9.86. The van der Waals surface area contributed by atoms with Crippen molar-refractivity contribution in [2.24, 2.45) is 11.8 Å². The molecule has 0 aromatic rings. The van der Waals surface area contributed by atoms with Gasteiger partial charge in [-0.1, -0.05) is 31.9 Å². The fourth-order valence-corrected chi connectivity index (χ4v) is 6.07. The molecule has 3 fully saturated rings. The summed E-state index contributed by atoms with van der Waals surface area (Å²) in [6.45, 7) is 12.3. The minimum Gasteiger partial charge on any atom is -0.465 e. The van der Waals surface area contributed by atoms with Crippen molar-refractivity contribution in [3.05, 3.63) is 25.3 Å². The standard InChI is InChI=1S/C26H40N2O6/c1-5-8-10-15-27(14-7-3)23(31)21-26-13-12-25(4,34-26)20(24(32)33-18-11-9-6-2)19(26)22(30)28(21)16-17-29/h6-7,19-21,29H,2-3,5,8-18H2,1,4H3/t19-,20+,21?,25-,26?/m0/s1. The number of esters is 1. The average molecular weight is 477 g/mol. The van der Waals surface area contributed by atoms with Crippen LogP contribution in [0.15, 0.2) is 25.3 Å². The monoisotopic (exact) mass is 476 g/mol. The lowest BCUT2D eigenvalue weighted by Gasteiger charge is -2.36. The molecule has 0 aromatic heterocycles. The van der Waals surface area contributed by atoms with Crippen molar-refractivity contribution in [2.75, 3.05) is 32.8 Å². The largest absolute Gasteiger partial charge is 0.465 e. The Morgan fingerprint density at radius 1 is 1.26 bits per heavy atom. The number of fused-ring (bicyclic) bond motifs is 1. The highest BCUT2D eigenvalue weighted by atomic mass is 16.6. The lowest BCUT2D eigenvalue weighted by atomic mass is 9.66. The molecule has 0 radical (unpaired) electrons. The van der Waals surface area contributed by atoms with E-state index in [9.17, 15) is 19.5 Å². The molecule has 3 aliphatic rings. The smallest absolute Gasteiger partial charge is 0.312 e. The number of aliphatic hydroxyl groups excluding tert-OH is 1. The van der Waals surface area contributed by atoms with E-state index in [2.05, 4.69) is 20.1 Å². The van der Waals surface area contributed by atoms with Crippen LogP contribution in [0.1, 0.15) is 58.8 Å². The normalized spacial score (nSPS) is 31.4. The Morgan fingerprint density at radius 2 is 2.03 bits per heavy atom. The van der Waals surface area contributed by atoms with Gasteiger partial charge in [0, 0.05) is 19.6 Å². The highest BCUT2D eigenvalue weighted by Gasteiger charge is 2.78. The van der Waals surface area contributed by atoms with E-state index in [0.717, 1.165) is 25.7 Å². The third-order valence-corrected chi connectivity index (χ3v) is 7.60. The van der Waals surface area contributed by atoms with Crippen LogP contribution in [0.5, 0.6) is 0 Å². The number of aliphatic hydroxyl groups is 1. The number of nitrogens with zero attached hydrogens (tertiary/aromatic N) is 2. The van der Waals surface area contributed by atoms with Gasteiger partial charge in [-0.05, 0) is 39.0 Å². The summed E-state index contributed by atoms with van der Waals surface area (Å²) in [5.74, 6) is -2.53. The zero-order valence-corrected chi connectivity index (χ0v) is 20.7. The molecule has 1 spiro atoms. The SMILES string of the molecule is C=CCCCOC(=O)[C@H]1[C@H]2C(=O)N(CCO)C(C(=O)N(CC=C)CCCCC)C23CC[C@]1(C)O3. The average Bonchev–Trinajstić information content (AvgIpc) is 3.37. The van der Waals surface area contributed by atoms with Gasteiger partial charge in [0.15, 0.2) is 0 Å². The first-order chi connectivity index (χ1) is 16.3. The summed E-state index contributed by atoms with van der Waals surface area (Å²) in [7, 11) is 0. The minimum atomic E-state index is -1.09. The Kier molecular flexibility index (Phi) is 8.57. The topological polar surface area (TPSA) is 96.4 Å². The number of hydrogen-bond acceptors (Lipinski definition) is 6. The predicted molar refractivity (Wildman–Crippen MR) is 128 cm³/mol. The number of unbranched alkanes of at least 4 members (excludes halogenated alkanes) is 3. The van der Waals surface area contributed by atoms with Gasteiger partial charge in [-0.25, -0.2) is 0 Å². The molecule has 3 aliphatic heterocycles. The summed E-state index contributed by atoms with van der Waals surface area (Å²) in [6.07, 6.45) is 8.79. The van der Waals surface area contributed by atoms with Crippen LogP contribution in [0.2, 0.25) is 0 Å². The third kappa shape index (κ3) is 4.54. The zero-order chi connectivity index (χ0) is 24.9. The highest BCUT2D eigenvalue weighted by molar-refractivity contribution is 5.98. The Hall–Kier alpha value is -2.19. The van der Waals surface area contributed by atoms with E-state index < -0.39 is 35.0 Å². The van der Waals surface area contributed by atoms with Crippen LogP contribution in [-0.4, -0.2) is 82.8 Å². The lowest BCUT2D eigenvalue weighted by molar-refractivity contribution is -0.160. The van der Waals surface area contributed by atoms with Crippen LogP contribution in [0.4, 0.5) is 0 Å². The number of ether oxygens (including phenoxy) is 2. The van der Waals surface area contributed by atoms with Crippen LogP contribution in [0.3, 0.4) is 0 Å². The van der Waals surface area contributed by atoms with E-state index >= 15 is 0 Å². The molecular formula is C26H40N2O6. The van der Waals surface area contributed by atoms with Gasteiger partial charge >= 0.3 is 5.97 Å². The van der Waals surface area contributed by atoms with Crippen molar-refractivity contribution in [1.29, 1.82) is 0 Å². The molecule has 8 heteroatoms. The number of allylic oxidation sites excluding steroid dienone is 1. The molecule has 2 amide bonds.